The highest BCUT2D eigenvalue weighted by atomic mass is 16.2. The number of nitrogens with zero attached hydrogens (tertiary/aromatic N) is 4. The van der Waals surface area contributed by atoms with Crippen molar-refractivity contribution in [2.75, 3.05) is 31.1 Å². The molecule has 2 heterocycles. The van der Waals surface area contributed by atoms with Crippen molar-refractivity contribution in [3.63, 3.8) is 0 Å². The Kier molecular flexibility index (Phi) is 3.94. The van der Waals surface area contributed by atoms with Crippen LogP contribution in [-0.2, 0) is 11.8 Å². The number of amides is 1. The average molecular weight is 290 g/mol. The second kappa shape index (κ2) is 5.87. The van der Waals surface area contributed by atoms with Gasteiger partial charge in [-0.15, -0.1) is 0 Å². The van der Waals surface area contributed by atoms with Crippen molar-refractivity contribution in [2.45, 2.75) is 25.7 Å². The van der Waals surface area contributed by atoms with Crippen molar-refractivity contribution in [3.8, 4) is 0 Å². The van der Waals surface area contributed by atoms with Gasteiger partial charge >= 0.3 is 0 Å². The predicted octanol–water partition coefficient (Wildman–Crippen LogP) is 0.619. The lowest BCUT2D eigenvalue weighted by Gasteiger charge is -2.31. The van der Waals surface area contributed by atoms with Gasteiger partial charge in [0.1, 0.15) is 5.82 Å². The van der Waals surface area contributed by atoms with Crippen molar-refractivity contribution < 1.29 is 4.79 Å². The Morgan fingerprint density at radius 3 is 2.67 bits per heavy atom. The zero-order valence-corrected chi connectivity index (χ0v) is 12.5. The lowest BCUT2D eigenvalue weighted by molar-refractivity contribution is -0.137. The number of hydrogen-bond acceptors (Lipinski definition) is 4. The van der Waals surface area contributed by atoms with Gasteiger partial charge in [0.15, 0.2) is 0 Å². The Hall–Kier alpha value is -1.85. The van der Waals surface area contributed by atoms with Gasteiger partial charge in [-0.1, -0.05) is 6.42 Å². The topological polar surface area (TPSA) is 58.4 Å². The van der Waals surface area contributed by atoms with E-state index in [4.69, 9.17) is 0 Å². The number of anilines is 1. The van der Waals surface area contributed by atoms with Crippen LogP contribution in [0.1, 0.15) is 25.7 Å². The molecular formula is C15H22N4O2. The first-order valence-electron chi connectivity index (χ1n) is 7.71. The van der Waals surface area contributed by atoms with Gasteiger partial charge in [-0.2, -0.15) is 0 Å². The highest BCUT2D eigenvalue weighted by Gasteiger charge is 2.30. The molecule has 21 heavy (non-hydrogen) atoms. The van der Waals surface area contributed by atoms with Crippen LogP contribution in [0.2, 0.25) is 0 Å². The molecule has 0 atom stereocenters. The van der Waals surface area contributed by atoms with Gasteiger partial charge in [0.05, 0.1) is 6.33 Å². The summed E-state index contributed by atoms with van der Waals surface area (Å²) in [7, 11) is 1.70. The van der Waals surface area contributed by atoms with Crippen LogP contribution in [0.4, 0.5) is 5.82 Å². The van der Waals surface area contributed by atoms with Crippen molar-refractivity contribution >= 4 is 11.7 Å². The summed E-state index contributed by atoms with van der Waals surface area (Å²) in [6, 6.07) is 1.57. The third-order valence-corrected chi connectivity index (χ3v) is 4.55. The summed E-state index contributed by atoms with van der Waals surface area (Å²) in [5, 5.41) is 0. The largest absolute Gasteiger partial charge is 0.355 e. The maximum Gasteiger partial charge on any atom is 0.255 e. The van der Waals surface area contributed by atoms with Gasteiger partial charge in [0.25, 0.3) is 5.56 Å². The van der Waals surface area contributed by atoms with E-state index in [2.05, 4.69) is 9.88 Å². The van der Waals surface area contributed by atoms with E-state index in [9.17, 15) is 9.59 Å². The minimum Gasteiger partial charge on any atom is -0.355 e. The lowest BCUT2D eigenvalue weighted by atomic mass is 9.84. The van der Waals surface area contributed by atoms with Crippen molar-refractivity contribution in [1.82, 2.24) is 14.5 Å². The van der Waals surface area contributed by atoms with E-state index in [0.717, 1.165) is 51.3 Å². The maximum absolute atomic E-state index is 12.3. The molecular weight excluding hydrogens is 268 g/mol. The van der Waals surface area contributed by atoms with E-state index in [0.29, 0.717) is 5.91 Å². The average Bonchev–Trinajstić information content (AvgIpc) is 2.65. The number of rotatable bonds is 2. The summed E-state index contributed by atoms with van der Waals surface area (Å²) in [6.07, 6.45) is 5.77. The minimum absolute atomic E-state index is 0.0494. The van der Waals surface area contributed by atoms with Crippen molar-refractivity contribution in [2.24, 2.45) is 13.0 Å². The summed E-state index contributed by atoms with van der Waals surface area (Å²) in [5.74, 6) is 1.30. The number of carbonyl (C=O) groups is 1. The molecule has 0 N–H and O–H groups in total. The van der Waals surface area contributed by atoms with E-state index < -0.39 is 0 Å². The maximum atomic E-state index is 12.3. The molecule has 0 spiro atoms. The van der Waals surface area contributed by atoms with Crippen LogP contribution in [0.3, 0.4) is 0 Å². The van der Waals surface area contributed by atoms with E-state index in [-0.39, 0.29) is 11.5 Å². The van der Waals surface area contributed by atoms with Gasteiger partial charge in [0, 0.05) is 45.2 Å². The minimum atomic E-state index is -0.0494. The van der Waals surface area contributed by atoms with Crippen molar-refractivity contribution in [1.29, 1.82) is 0 Å². The molecule has 6 heteroatoms. The van der Waals surface area contributed by atoms with Crippen LogP contribution in [0, 0.1) is 5.92 Å². The third kappa shape index (κ3) is 2.94. The van der Waals surface area contributed by atoms with Crippen LogP contribution < -0.4 is 10.5 Å². The molecule has 1 aliphatic heterocycles. The van der Waals surface area contributed by atoms with E-state index in [1.807, 2.05) is 4.90 Å². The normalized spacial score (nSPS) is 20.0. The lowest BCUT2D eigenvalue weighted by Crippen LogP contribution is -2.41. The fraction of sp³-hybridized carbons (Fsp3) is 0.667. The zero-order chi connectivity index (χ0) is 14.8. The Morgan fingerprint density at radius 1 is 1.19 bits per heavy atom. The molecule has 2 fully saturated rings. The number of aryl methyl sites for hydroxylation is 1. The second-order valence-corrected chi connectivity index (χ2v) is 5.99. The number of aromatic nitrogens is 2. The molecule has 114 valence electrons. The summed E-state index contributed by atoms with van der Waals surface area (Å²) in [4.78, 5) is 32.4. The van der Waals surface area contributed by atoms with Gasteiger partial charge in [-0.3, -0.25) is 9.59 Å². The van der Waals surface area contributed by atoms with Crippen LogP contribution in [-0.4, -0.2) is 46.5 Å². The molecule has 0 bridgehead atoms. The molecule has 1 aromatic rings. The molecule has 0 unspecified atom stereocenters. The molecule has 1 aliphatic carbocycles. The molecule has 3 rings (SSSR count). The van der Waals surface area contributed by atoms with Gasteiger partial charge in [0.2, 0.25) is 5.91 Å². The van der Waals surface area contributed by atoms with Gasteiger partial charge < -0.3 is 14.4 Å². The number of hydrogen-bond donors (Lipinski definition) is 0. The Labute approximate surface area is 124 Å². The van der Waals surface area contributed by atoms with Crippen LogP contribution in [0.5, 0.6) is 0 Å². The molecule has 2 aliphatic rings. The molecule has 0 radical (unpaired) electrons. The fourth-order valence-corrected chi connectivity index (χ4v) is 2.91. The van der Waals surface area contributed by atoms with Crippen LogP contribution in [0.15, 0.2) is 17.2 Å². The van der Waals surface area contributed by atoms with E-state index >= 15 is 0 Å². The molecule has 6 nitrogen and oxygen atoms in total. The Balaban J connectivity index is 1.66. The third-order valence-electron chi connectivity index (χ3n) is 4.55. The summed E-state index contributed by atoms with van der Waals surface area (Å²) in [6.45, 7) is 3.14. The molecule has 1 saturated carbocycles. The standard InChI is InChI=1S/C15H22N4O2/c1-17-11-16-13(10-14(17)20)18-6-3-7-19(9-8-18)15(21)12-4-2-5-12/h10-12H,2-9H2,1H3. The fourth-order valence-electron chi connectivity index (χ4n) is 2.91. The second-order valence-electron chi connectivity index (χ2n) is 5.99. The predicted molar refractivity (Wildman–Crippen MR) is 80.2 cm³/mol. The number of carbonyl (C=O) groups excluding carboxylic acids is 1. The smallest absolute Gasteiger partial charge is 0.255 e. The zero-order valence-electron chi connectivity index (χ0n) is 12.5. The molecule has 1 amide bonds. The summed E-state index contributed by atoms with van der Waals surface area (Å²) in [5.41, 5.74) is -0.0494. The first-order valence-corrected chi connectivity index (χ1v) is 7.71. The van der Waals surface area contributed by atoms with Crippen molar-refractivity contribution in [3.05, 3.63) is 22.7 Å². The molecule has 0 aromatic carbocycles. The Bertz CT molecular complexity index is 579. The monoisotopic (exact) mass is 290 g/mol. The first-order chi connectivity index (χ1) is 10.1. The summed E-state index contributed by atoms with van der Waals surface area (Å²) < 4.78 is 1.47. The van der Waals surface area contributed by atoms with E-state index in [1.165, 1.54) is 11.0 Å². The van der Waals surface area contributed by atoms with E-state index in [1.54, 1.807) is 19.4 Å². The molecule has 1 saturated heterocycles. The quantitative estimate of drug-likeness (QED) is 0.801. The van der Waals surface area contributed by atoms with Crippen LogP contribution in [0.25, 0.3) is 0 Å². The SMILES string of the molecule is Cn1cnc(N2CCCN(C(=O)C3CCC3)CC2)cc1=O. The van der Waals surface area contributed by atoms with Gasteiger partial charge in [-0.05, 0) is 19.3 Å². The van der Waals surface area contributed by atoms with Crippen LogP contribution >= 0.6 is 0 Å². The Morgan fingerprint density at radius 2 is 2.00 bits per heavy atom. The van der Waals surface area contributed by atoms with Gasteiger partial charge in [-0.25, -0.2) is 4.98 Å². The summed E-state index contributed by atoms with van der Waals surface area (Å²) >= 11 is 0. The highest BCUT2D eigenvalue weighted by Crippen LogP contribution is 2.28. The molecule has 1 aromatic heterocycles. The highest BCUT2D eigenvalue weighted by molar-refractivity contribution is 5.79. The first kappa shape index (κ1) is 14.1.